The lowest BCUT2D eigenvalue weighted by molar-refractivity contribution is 0.197. The van der Waals surface area contributed by atoms with E-state index < -0.39 is 0 Å². The van der Waals surface area contributed by atoms with Crippen molar-refractivity contribution < 1.29 is 9.47 Å². The Morgan fingerprint density at radius 2 is 1.75 bits per heavy atom. The van der Waals surface area contributed by atoms with Gasteiger partial charge in [-0.25, -0.2) is 0 Å². The molecule has 0 aliphatic heterocycles. The zero-order chi connectivity index (χ0) is 15.3. The van der Waals surface area contributed by atoms with Crippen LogP contribution in [-0.4, -0.2) is 25.3 Å². The second-order valence-corrected chi connectivity index (χ2v) is 7.17. The predicted octanol–water partition coefficient (Wildman–Crippen LogP) is 4.77. The normalized spacial score (nSPS) is 13.2. The highest BCUT2D eigenvalue weighted by Gasteiger charge is 2.17. The molecule has 1 atom stereocenters. The van der Waals surface area contributed by atoms with Crippen molar-refractivity contribution >= 4 is 31.9 Å². The van der Waals surface area contributed by atoms with Gasteiger partial charge in [-0.1, -0.05) is 6.92 Å². The molecular formula is C15H23Br2NO2. The Labute approximate surface area is 138 Å². The van der Waals surface area contributed by atoms with E-state index in [0.717, 1.165) is 33.4 Å². The van der Waals surface area contributed by atoms with Gasteiger partial charge in [0, 0.05) is 12.1 Å². The Bertz CT molecular complexity index is 450. The van der Waals surface area contributed by atoms with Crippen molar-refractivity contribution in [2.45, 2.75) is 45.8 Å². The topological polar surface area (TPSA) is 30.5 Å². The maximum Gasteiger partial charge on any atom is 0.135 e. The van der Waals surface area contributed by atoms with E-state index in [1.807, 2.05) is 12.1 Å². The van der Waals surface area contributed by atoms with Crippen molar-refractivity contribution in [1.82, 2.24) is 5.32 Å². The molecule has 1 unspecified atom stereocenters. The van der Waals surface area contributed by atoms with Crippen LogP contribution in [0.1, 0.15) is 34.1 Å². The summed E-state index contributed by atoms with van der Waals surface area (Å²) < 4.78 is 13.0. The van der Waals surface area contributed by atoms with Crippen LogP contribution >= 0.6 is 31.9 Å². The largest absolute Gasteiger partial charge is 0.496 e. The first-order valence-electron chi connectivity index (χ1n) is 6.73. The zero-order valence-electron chi connectivity index (χ0n) is 12.7. The first kappa shape index (κ1) is 17.8. The summed E-state index contributed by atoms with van der Waals surface area (Å²) in [6.07, 6.45) is 1.16. The summed E-state index contributed by atoms with van der Waals surface area (Å²) in [6, 6.07) is 3.82. The van der Waals surface area contributed by atoms with Gasteiger partial charge in [0.15, 0.2) is 0 Å². The summed E-state index contributed by atoms with van der Waals surface area (Å²) in [5.74, 6) is 1.59. The molecule has 0 saturated carbocycles. The molecule has 1 aromatic rings. The van der Waals surface area contributed by atoms with Crippen LogP contribution in [0.25, 0.3) is 0 Å². The third kappa shape index (κ3) is 5.26. The van der Waals surface area contributed by atoms with Crippen molar-refractivity contribution in [3.63, 3.8) is 0 Å². The van der Waals surface area contributed by atoms with E-state index in [1.165, 1.54) is 0 Å². The predicted molar refractivity (Wildman–Crippen MR) is 90.9 cm³/mol. The molecule has 0 heterocycles. The van der Waals surface area contributed by atoms with Crippen LogP contribution in [0, 0.1) is 0 Å². The number of halogens is 2. The standard InChI is InChI=1S/C15H23Br2NO2/c1-6-15(3,4)18-9-10(2)20-14-8-11(16)13(19-5)7-12(14)17/h7-8,10,18H,6,9H2,1-5H3. The van der Waals surface area contributed by atoms with E-state index >= 15 is 0 Å². The maximum absolute atomic E-state index is 5.97. The van der Waals surface area contributed by atoms with Crippen LogP contribution in [0.15, 0.2) is 21.1 Å². The van der Waals surface area contributed by atoms with Crippen molar-refractivity contribution in [3.8, 4) is 11.5 Å². The molecule has 0 aliphatic rings. The number of methoxy groups -OCH3 is 1. The number of rotatable bonds is 7. The number of benzene rings is 1. The number of hydrogen-bond acceptors (Lipinski definition) is 3. The summed E-state index contributed by atoms with van der Waals surface area (Å²) >= 11 is 6.98. The first-order chi connectivity index (χ1) is 9.29. The summed E-state index contributed by atoms with van der Waals surface area (Å²) in [5.41, 5.74) is 0.134. The van der Waals surface area contributed by atoms with Crippen LogP contribution in [0.3, 0.4) is 0 Å². The minimum Gasteiger partial charge on any atom is -0.496 e. The Kier molecular flexibility index (Phi) is 6.82. The van der Waals surface area contributed by atoms with E-state index in [9.17, 15) is 0 Å². The van der Waals surface area contributed by atoms with Crippen molar-refractivity contribution in [1.29, 1.82) is 0 Å². The molecule has 0 spiro atoms. The average Bonchev–Trinajstić information content (AvgIpc) is 2.40. The van der Waals surface area contributed by atoms with Crippen molar-refractivity contribution in [3.05, 3.63) is 21.1 Å². The lowest BCUT2D eigenvalue weighted by atomic mass is 10.0. The molecule has 0 fully saturated rings. The summed E-state index contributed by atoms with van der Waals surface area (Å²) in [7, 11) is 1.65. The van der Waals surface area contributed by atoms with Crippen LogP contribution in [0.4, 0.5) is 0 Å². The van der Waals surface area contributed by atoms with Gasteiger partial charge in [-0.2, -0.15) is 0 Å². The van der Waals surface area contributed by atoms with Crippen LogP contribution in [-0.2, 0) is 0 Å². The van der Waals surface area contributed by atoms with Crippen molar-refractivity contribution in [2.75, 3.05) is 13.7 Å². The smallest absolute Gasteiger partial charge is 0.135 e. The van der Waals surface area contributed by atoms with Crippen LogP contribution in [0.5, 0.6) is 11.5 Å². The van der Waals surface area contributed by atoms with E-state index in [-0.39, 0.29) is 11.6 Å². The van der Waals surface area contributed by atoms with Gasteiger partial charge in [-0.15, -0.1) is 0 Å². The number of nitrogens with one attached hydrogen (secondary N) is 1. The van der Waals surface area contributed by atoms with E-state index in [0.29, 0.717) is 0 Å². The molecule has 1 rings (SSSR count). The Morgan fingerprint density at radius 3 is 2.30 bits per heavy atom. The molecule has 20 heavy (non-hydrogen) atoms. The molecule has 0 bridgehead atoms. The minimum absolute atomic E-state index is 0.0809. The molecule has 5 heteroatoms. The lowest BCUT2D eigenvalue weighted by Gasteiger charge is -2.27. The average molecular weight is 409 g/mol. The van der Waals surface area contributed by atoms with E-state index in [1.54, 1.807) is 7.11 Å². The van der Waals surface area contributed by atoms with Crippen LogP contribution in [0.2, 0.25) is 0 Å². The SMILES string of the molecule is CCC(C)(C)NCC(C)Oc1cc(Br)c(OC)cc1Br. The quantitative estimate of drug-likeness (QED) is 0.704. The molecule has 3 nitrogen and oxygen atoms in total. The van der Waals surface area contributed by atoms with Crippen LogP contribution < -0.4 is 14.8 Å². The highest BCUT2D eigenvalue weighted by atomic mass is 79.9. The molecule has 0 aromatic heterocycles. The summed E-state index contributed by atoms with van der Waals surface area (Å²) in [6.45, 7) is 9.43. The monoisotopic (exact) mass is 407 g/mol. The van der Waals surface area contributed by atoms with E-state index in [2.05, 4.69) is 64.9 Å². The van der Waals surface area contributed by atoms with Crippen molar-refractivity contribution in [2.24, 2.45) is 0 Å². The molecule has 0 saturated heterocycles. The molecule has 1 N–H and O–H groups in total. The Hall–Kier alpha value is -0.260. The number of hydrogen-bond donors (Lipinski definition) is 1. The number of ether oxygens (including phenoxy) is 2. The third-order valence-electron chi connectivity index (χ3n) is 3.29. The van der Waals surface area contributed by atoms with Gasteiger partial charge in [0.05, 0.1) is 16.1 Å². The zero-order valence-corrected chi connectivity index (χ0v) is 15.9. The first-order valence-corrected chi connectivity index (χ1v) is 8.32. The summed E-state index contributed by atoms with van der Waals surface area (Å²) in [5, 5.41) is 3.51. The van der Waals surface area contributed by atoms with Gasteiger partial charge in [-0.3, -0.25) is 0 Å². The van der Waals surface area contributed by atoms with Gasteiger partial charge in [0.1, 0.15) is 17.6 Å². The lowest BCUT2D eigenvalue weighted by Crippen LogP contribution is -2.43. The fourth-order valence-electron chi connectivity index (χ4n) is 1.56. The second-order valence-electron chi connectivity index (χ2n) is 5.46. The van der Waals surface area contributed by atoms with Gasteiger partial charge < -0.3 is 14.8 Å². The third-order valence-corrected chi connectivity index (χ3v) is 4.53. The molecule has 0 amide bonds. The fraction of sp³-hybridized carbons (Fsp3) is 0.600. The molecular weight excluding hydrogens is 386 g/mol. The fourth-order valence-corrected chi connectivity index (χ4v) is 2.46. The maximum atomic E-state index is 5.97. The highest BCUT2D eigenvalue weighted by molar-refractivity contribution is 9.11. The van der Waals surface area contributed by atoms with Gasteiger partial charge in [0.2, 0.25) is 0 Å². The molecule has 1 aromatic carbocycles. The Morgan fingerprint density at radius 1 is 1.20 bits per heavy atom. The molecule has 114 valence electrons. The Balaban J connectivity index is 2.67. The van der Waals surface area contributed by atoms with Gasteiger partial charge >= 0.3 is 0 Å². The minimum atomic E-state index is 0.0809. The van der Waals surface area contributed by atoms with Gasteiger partial charge in [-0.05, 0) is 71.2 Å². The molecule has 0 aliphatic carbocycles. The second kappa shape index (κ2) is 7.66. The summed E-state index contributed by atoms with van der Waals surface area (Å²) in [4.78, 5) is 0. The molecule has 0 radical (unpaired) electrons. The van der Waals surface area contributed by atoms with E-state index in [4.69, 9.17) is 9.47 Å². The van der Waals surface area contributed by atoms with Gasteiger partial charge in [0.25, 0.3) is 0 Å². The highest BCUT2D eigenvalue weighted by Crippen LogP contribution is 2.36.